The highest BCUT2D eigenvalue weighted by atomic mass is 35.5. The Hall–Kier alpha value is -3.20. The van der Waals surface area contributed by atoms with Gasteiger partial charge in [0.2, 0.25) is 5.91 Å². The van der Waals surface area contributed by atoms with E-state index in [0.29, 0.717) is 37.1 Å². The first-order valence-electron chi connectivity index (χ1n) is 9.44. The number of benzene rings is 2. The van der Waals surface area contributed by atoms with Gasteiger partial charge in [-0.3, -0.25) is 19.0 Å². The Balaban J connectivity index is 1.59. The van der Waals surface area contributed by atoms with Gasteiger partial charge in [-0.05, 0) is 36.8 Å². The minimum atomic E-state index is -0.465. The highest BCUT2D eigenvalue weighted by Crippen LogP contribution is 2.30. The number of carbonyl (C=O) groups excluding carboxylic acids is 2. The molecule has 0 radical (unpaired) electrons. The van der Waals surface area contributed by atoms with Crippen molar-refractivity contribution in [1.82, 2.24) is 9.55 Å². The van der Waals surface area contributed by atoms with Gasteiger partial charge in [-0.2, -0.15) is 0 Å². The topological polar surface area (TPSA) is 93.1 Å². The number of para-hydroxylation sites is 1. The van der Waals surface area contributed by atoms with Crippen LogP contribution in [0.15, 0.2) is 59.7 Å². The fraction of sp³-hybridized carbons (Fsp3) is 0.0909. The predicted molar refractivity (Wildman–Crippen MR) is 128 cm³/mol. The molecular weight excluding hydrogens is 471 g/mol. The monoisotopic (exact) mass is 486 g/mol. The molecule has 32 heavy (non-hydrogen) atoms. The Morgan fingerprint density at radius 2 is 1.81 bits per heavy atom. The Bertz CT molecular complexity index is 1400. The van der Waals surface area contributed by atoms with E-state index in [1.807, 2.05) is 18.2 Å². The maximum absolute atomic E-state index is 13.0. The van der Waals surface area contributed by atoms with Crippen LogP contribution in [0.4, 0.5) is 11.4 Å². The van der Waals surface area contributed by atoms with Gasteiger partial charge < -0.3 is 10.6 Å². The van der Waals surface area contributed by atoms with Crippen molar-refractivity contribution in [2.45, 2.75) is 13.5 Å². The average molecular weight is 487 g/mol. The van der Waals surface area contributed by atoms with Crippen LogP contribution < -0.4 is 16.2 Å². The van der Waals surface area contributed by atoms with Crippen LogP contribution in [0, 0.1) is 6.92 Å². The number of nitrogens with zero attached hydrogens (tertiary/aromatic N) is 2. The summed E-state index contributed by atoms with van der Waals surface area (Å²) in [6.45, 7) is 1.42. The SMILES string of the molecule is Cc1c(C(=O)Nc2ccccc2)sc2ncn(CC(=O)Nc3cccc(Cl)c3Cl)c(=O)c12. The van der Waals surface area contributed by atoms with Gasteiger partial charge in [0, 0.05) is 5.69 Å². The molecule has 0 fully saturated rings. The van der Waals surface area contributed by atoms with E-state index in [0.717, 1.165) is 11.3 Å². The third kappa shape index (κ3) is 4.38. The maximum atomic E-state index is 13.0. The van der Waals surface area contributed by atoms with Crippen LogP contribution >= 0.6 is 34.5 Å². The molecule has 2 aromatic heterocycles. The van der Waals surface area contributed by atoms with Crippen molar-refractivity contribution < 1.29 is 9.59 Å². The quantitative estimate of drug-likeness (QED) is 0.416. The maximum Gasteiger partial charge on any atom is 0.266 e. The van der Waals surface area contributed by atoms with Crippen molar-refractivity contribution in [3.63, 3.8) is 0 Å². The smallest absolute Gasteiger partial charge is 0.266 e. The van der Waals surface area contributed by atoms with Crippen LogP contribution in [-0.2, 0) is 11.3 Å². The van der Waals surface area contributed by atoms with Crippen LogP contribution in [-0.4, -0.2) is 21.4 Å². The molecular formula is C22H16Cl2N4O3S. The number of anilines is 2. The predicted octanol–water partition coefficient (Wildman–Crippen LogP) is 4.96. The summed E-state index contributed by atoms with van der Waals surface area (Å²) in [6, 6.07) is 13.9. The van der Waals surface area contributed by atoms with Gasteiger partial charge in [-0.15, -0.1) is 11.3 Å². The van der Waals surface area contributed by atoms with Gasteiger partial charge in [0.05, 0.1) is 32.3 Å². The lowest BCUT2D eigenvalue weighted by atomic mass is 10.2. The van der Waals surface area contributed by atoms with E-state index in [1.54, 1.807) is 37.3 Å². The second kappa shape index (κ2) is 9.12. The standard InChI is InChI=1S/C22H16Cl2N4O3S/c1-12-17-21(32-19(12)20(30)26-13-6-3-2-4-7-13)25-11-28(22(17)31)10-16(29)27-15-9-5-8-14(23)18(15)24/h2-9,11H,10H2,1H3,(H,26,30)(H,27,29). The van der Waals surface area contributed by atoms with E-state index < -0.39 is 11.5 Å². The van der Waals surface area contributed by atoms with Crippen molar-refractivity contribution in [2.75, 3.05) is 10.6 Å². The number of aromatic nitrogens is 2. The van der Waals surface area contributed by atoms with Crippen molar-refractivity contribution in [3.05, 3.63) is 85.7 Å². The summed E-state index contributed by atoms with van der Waals surface area (Å²) < 4.78 is 1.19. The number of aryl methyl sites for hydroxylation is 1. The van der Waals surface area contributed by atoms with Crippen molar-refractivity contribution in [2.24, 2.45) is 0 Å². The zero-order valence-electron chi connectivity index (χ0n) is 16.7. The van der Waals surface area contributed by atoms with Crippen LogP contribution in [0.2, 0.25) is 10.0 Å². The average Bonchev–Trinajstić information content (AvgIpc) is 3.11. The number of halogens is 2. The first kappa shape index (κ1) is 22.0. The molecule has 162 valence electrons. The van der Waals surface area contributed by atoms with Gasteiger partial charge in [0.1, 0.15) is 11.4 Å². The summed E-state index contributed by atoms with van der Waals surface area (Å²) in [5.74, 6) is -0.789. The molecule has 2 aromatic carbocycles. The van der Waals surface area contributed by atoms with Gasteiger partial charge in [0.25, 0.3) is 11.5 Å². The van der Waals surface area contributed by atoms with Crippen molar-refractivity contribution >= 4 is 67.9 Å². The lowest BCUT2D eigenvalue weighted by Gasteiger charge is -2.09. The second-order valence-corrected chi connectivity index (χ2v) is 8.67. The number of amides is 2. The summed E-state index contributed by atoms with van der Waals surface area (Å²) >= 11 is 13.2. The van der Waals surface area contributed by atoms with E-state index >= 15 is 0 Å². The summed E-state index contributed by atoms with van der Waals surface area (Å²) in [4.78, 5) is 43.3. The number of rotatable bonds is 5. The molecule has 0 spiro atoms. The molecule has 4 aromatic rings. The van der Waals surface area contributed by atoms with E-state index in [9.17, 15) is 14.4 Å². The van der Waals surface area contributed by atoms with Crippen LogP contribution in [0.5, 0.6) is 0 Å². The number of hydrogen-bond acceptors (Lipinski definition) is 5. The van der Waals surface area contributed by atoms with E-state index in [-0.39, 0.29) is 17.5 Å². The molecule has 0 saturated carbocycles. The normalized spacial score (nSPS) is 10.8. The first-order chi connectivity index (χ1) is 15.3. The molecule has 0 bridgehead atoms. The molecule has 2 amide bonds. The first-order valence-corrected chi connectivity index (χ1v) is 11.0. The fourth-order valence-corrected chi connectivity index (χ4v) is 4.52. The third-order valence-corrected chi connectivity index (χ3v) is 6.71. The molecule has 0 aliphatic carbocycles. The molecule has 10 heteroatoms. The molecule has 0 aliphatic rings. The highest BCUT2D eigenvalue weighted by molar-refractivity contribution is 7.20. The Labute approximate surface area is 196 Å². The molecule has 2 N–H and O–H groups in total. The molecule has 4 rings (SSSR count). The van der Waals surface area contributed by atoms with Gasteiger partial charge >= 0.3 is 0 Å². The molecule has 2 heterocycles. The number of hydrogen-bond donors (Lipinski definition) is 2. The Morgan fingerprint density at radius 3 is 2.56 bits per heavy atom. The van der Waals surface area contributed by atoms with Crippen molar-refractivity contribution in [1.29, 1.82) is 0 Å². The number of carbonyl (C=O) groups is 2. The Kier molecular flexibility index (Phi) is 6.27. The zero-order chi connectivity index (χ0) is 22.8. The second-order valence-electron chi connectivity index (χ2n) is 6.88. The molecule has 0 saturated heterocycles. The fourth-order valence-electron chi connectivity index (χ4n) is 3.14. The van der Waals surface area contributed by atoms with Crippen molar-refractivity contribution in [3.8, 4) is 0 Å². The molecule has 0 unspecified atom stereocenters. The minimum Gasteiger partial charge on any atom is -0.323 e. The lowest BCUT2D eigenvalue weighted by Crippen LogP contribution is -2.28. The van der Waals surface area contributed by atoms with Crippen LogP contribution in [0.25, 0.3) is 10.2 Å². The van der Waals surface area contributed by atoms with E-state index in [1.165, 1.54) is 10.9 Å². The highest BCUT2D eigenvalue weighted by Gasteiger charge is 2.20. The van der Waals surface area contributed by atoms with E-state index in [4.69, 9.17) is 23.2 Å². The van der Waals surface area contributed by atoms with Crippen LogP contribution in [0.3, 0.4) is 0 Å². The lowest BCUT2D eigenvalue weighted by molar-refractivity contribution is -0.116. The molecule has 0 atom stereocenters. The van der Waals surface area contributed by atoms with Crippen LogP contribution in [0.1, 0.15) is 15.2 Å². The number of nitrogens with one attached hydrogen (secondary N) is 2. The summed E-state index contributed by atoms with van der Waals surface area (Å²) in [6.07, 6.45) is 1.29. The zero-order valence-corrected chi connectivity index (χ0v) is 19.0. The molecule has 0 aliphatic heterocycles. The number of fused-ring (bicyclic) bond motifs is 1. The Morgan fingerprint density at radius 1 is 1.06 bits per heavy atom. The molecule has 7 nitrogen and oxygen atoms in total. The summed E-state index contributed by atoms with van der Waals surface area (Å²) in [5.41, 5.74) is 1.10. The third-order valence-electron chi connectivity index (χ3n) is 4.69. The van der Waals surface area contributed by atoms with Gasteiger partial charge in [0.15, 0.2) is 0 Å². The van der Waals surface area contributed by atoms with Gasteiger partial charge in [-0.1, -0.05) is 47.5 Å². The van der Waals surface area contributed by atoms with E-state index in [2.05, 4.69) is 15.6 Å². The largest absolute Gasteiger partial charge is 0.323 e. The summed E-state index contributed by atoms with van der Waals surface area (Å²) in [7, 11) is 0. The summed E-state index contributed by atoms with van der Waals surface area (Å²) in [5, 5.41) is 6.28. The van der Waals surface area contributed by atoms with Gasteiger partial charge in [-0.25, -0.2) is 4.98 Å². The number of thiophene rings is 1. The minimum absolute atomic E-state index is 0.214.